The molecule has 0 fully saturated rings. The highest BCUT2D eigenvalue weighted by molar-refractivity contribution is 9.10. The van der Waals surface area contributed by atoms with Gasteiger partial charge in [-0.15, -0.1) is 0 Å². The standard InChI is InChI=1S/C9H11BrN2O4/c1-3-12-8(14)7(10)4-11(9(12)15)5-16-6(2)13/h4H,3,5H2,1-2H3. The molecule has 0 saturated carbocycles. The molecular formula is C9H11BrN2O4. The largest absolute Gasteiger partial charge is 0.444 e. The van der Waals surface area contributed by atoms with Crippen LogP contribution in [-0.4, -0.2) is 15.1 Å². The number of rotatable bonds is 3. The van der Waals surface area contributed by atoms with Crippen LogP contribution in [0.4, 0.5) is 0 Å². The maximum Gasteiger partial charge on any atom is 0.333 e. The summed E-state index contributed by atoms with van der Waals surface area (Å²) in [4.78, 5) is 33.8. The van der Waals surface area contributed by atoms with Crippen molar-refractivity contribution in [3.8, 4) is 0 Å². The Morgan fingerprint density at radius 3 is 2.62 bits per heavy atom. The third kappa shape index (κ3) is 2.60. The zero-order chi connectivity index (χ0) is 12.3. The molecule has 0 unspecified atom stereocenters. The highest BCUT2D eigenvalue weighted by Crippen LogP contribution is 1.99. The number of hydrogen-bond acceptors (Lipinski definition) is 4. The molecule has 6 nitrogen and oxygen atoms in total. The molecule has 0 radical (unpaired) electrons. The highest BCUT2D eigenvalue weighted by Gasteiger charge is 2.08. The first-order valence-corrected chi connectivity index (χ1v) is 5.39. The van der Waals surface area contributed by atoms with Crippen molar-refractivity contribution in [3.63, 3.8) is 0 Å². The molecule has 0 aliphatic rings. The maximum atomic E-state index is 11.7. The second-order valence-corrected chi connectivity index (χ2v) is 3.90. The number of halogens is 1. The van der Waals surface area contributed by atoms with E-state index in [1.807, 2.05) is 0 Å². The Bertz CT molecular complexity index is 517. The number of aromatic nitrogens is 2. The van der Waals surface area contributed by atoms with Gasteiger partial charge < -0.3 is 4.74 Å². The third-order valence-corrected chi connectivity index (χ3v) is 2.46. The van der Waals surface area contributed by atoms with Crippen LogP contribution in [0.25, 0.3) is 0 Å². The van der Waals surface area contributed by atoms with Crippen LogP contribution in [0.5, 0.6) is 0 Å². The molecule has 0 amide bonds. The van der Waals surface area contributed by atoms with E-state index in [-0.39, 0.29) is 17.7 Å². The van der Waals surface area contributed by atoms with Crippen LogP contribution in [0.15, 0.2) is 20.3 Å². The number of carbonyl (C=O) groups excluding carboxylic acids is 1. The fourth-order valence-corrected chi connectivity index (χ4v) is 1.61. The second kappa shape index (κ2) is 5.11. The van der Waals surface area contributed by atoms with Crippen LogP contribution >= 0.6 is 15.9 Å². The first-order chi connectivity index (χ1) is 7.47. The zero-order valence-corrected chi connectivity index (χ0v) is 10.5. The Morgan fingerprint density at radius 1 is 1.50 bits per heavy atom. The van der Waals surface area contributed by atoms with Crippen molar-refractivity contribution in [1.29, 1.82) is 0 Å². The molecule has 1 rings (SSSR count). The van der Waals surface area contributed by atoms with Gasteiger partial charge in [0.15, 0.2) is 6.73 Å². The molecule has 0 aromatic carbocycles. The number of nitrogens with zero attached hydrogens (tertiary/aromatic N) is 2. The Morgan fingerprint density at radius 2 is 2.12 bits per heavy atom. The third-order valence-electron chi connectivity index (χ3n) is 1.92. The van der Waals surface area contributed by atoms with E-state index in [0.29, 0.717) is 0 Å². The van der Waals surface area contributed by atoms with Crippen molar-refractivity contribution in [2.45, 2.75) is 27.1 Å². The van der Waals surface area contributed by atoms with Gasteiger partial charge in [-0.3, -0.25) is 18.7 Å². The molecule has 16 heavy (non-hydrogen) atoms. The van der Waals surface area contributed by atoms with E-state index in [4.69, 9.17) is 4.74 Å². The quantitative estimate of drug-likeness (QED) is 0.752. The smallest absolute Gasteiger partial charge is 0.333 e. The molecular weight excluding hydrogens is 280 g/mol. The summed E-state index contributed by atoms with van der Waals surface area (Å²) in [5.41, 5.74) is -0.900. The Hall–Kier alpha value is -1.37. The summed E-state index contributed by atoms with van der Waals surface area (Å²) in [5, 5.41) is 0. The normalized spacial score (nSPS) is 10.2. The summed E-state index contributed by atoms with van der Waals surface area (Å²) in [6.45, 7) is 2.99. The van der Waals surface area contributed by atoms with Crippen LogP contribution < -0.4 is 11.2 Å². The average molecular weight is 291 g/mol. The Kier molecular flexibility index (Phi) is 4.05. The number of ether oxygens (including phenoxy) is 1. The lowest BCUT2D eigenvalue weighted by molar-refractivity contribution is -0.144. The van der Waals surface area contributed by atoms with E-state index in [0.717, 1.165) is 9.13 Å². The van der Waals surface area contributed by atoms with Gasteiger partial charge in [0.2, 0.25) is 0 Å². The molecule has 1 heterocycles. The summed E-state index contributed by atoms with van der Waals surface area (Å²) >= 11 is 3.05. The lowest BCUT2D eigenvalue weighted by Crippen LogP contribution is -2.40. The summed E-state index contributed by atoms with van der Waals surface area (Å²) in [6.07, 6.45) is 1.31. The van der Waals surface area contributed by atoms with Crippen molar-refractivity contribution in [1.82, 2.24) is 9.13 Å². The van der Waals surface area contributed by atoms with Gasteiger partial charge in [0.1, 0.15) is 0 Å². The van der Waals surface area contributed by atoms with E-state index in [9.17, 15) is 14.4 Å². The lowest BCUT2D eigenvalue weighted by atomic mass is 10.6. The first kappa shape index (κ1) is 12.7. The maximum absolute atomic E-state index is 11.7. The molecule has 1 aromatic heterocycles. The SMILES string of the molecule is CCn1c(=O)c(Br)cn(COC(C)=O)c1=O. The van der Waals surface area contributed by atoms with E-state index >= 15 is 0 Å². The minimum Gasteiger partial charge on any atom is -0.444 e. The van der Waals surface area contributed by atoms with Gasteiger partial charge in [-0.05, 0) is 22.9 Å². The Balaban J connectivity index is 3.21. The zero-order valence-electron chi connectivity index (χ0n) is 8.90. The second-order valence-electron chi connectivity index (χ2n) is 3.04. The van der Waals surface area contributed by atoms with E-state index < -0.39 is 17.2 Å². The van der Waals surface area contributed by atoms with Crippen molar-refractivity contribution in [2.75, 3.05) is 0 Å². The molecule has 1 aromatic rings. The van der Waals surface area contributed by atoms with Gasteiger partial charge in [-0.1, -0.05) is 0 Å². The molecule has 0 N–H and O–H groups in total. The molecule has 0 bridgehead atoms. The van der Waals surface area contributed by atoms with Crippen LogP contribution in [0.1, 0.15) is 13.8 Å². The lowest BCUT2D eigenvalue weighted by Gasteiger charge is -2.09. The van der Waals surface area contributed by atoms with Crippen LogP contribution in [-0.2, 0) is 22.8 Å². The first-order valence-electron chi connectivity index (χ1n) is 4.60. The predicted molar refractivity (Wildman–Crippen MR) is 60.1 cm³/mol. The molecule has 7 heteroatoms. The summed E-state index contributed by atoms with van der Waals surface area (Å²) in [5.74, 6) is -0.489. The van der Waals surface area contributed by atoms with E-state index in [1.165, 1.54) is 13.1 Å². The minimum atomic E-state index is -0.503. The van der Waals surface area contributed by atoms with Crippen LogP contribution in [0.2, 0.25) is 0 Å². The predicted octanol–water partition coefficient (Wildman–Crippen LogP) is 0.313. The minimum absolute atomic E-state index is 0.201. The fraction of sp³-hybridized carbons (Fsp3) is 0.444. The monoisotopic (exact) mass is 290 g/mol. The van der Waals surface area contributed by atoms with Crippen molar-refractivity contribution in [3.05, 3.63) is 31.5 Å². The molecule has 0 atom stereocenters. The van der Waals surface area contributed by atoms with Crippen molar-refractivity contribution >= 4 is 21.9 Å². The summed E-state index contributed by atoms with van der Waals surface area (Å²) in [7, 11) is 0. The number of carbonyl (C=O) groups is 1. The van der Waals surface area contributed by atoms with Gasteiger partial charge >= 0.3 is 11.7 Å². The van der Waals surface area contributed by atoms with Gasteiger partial charge in [-0.2, -0.15) is 0 Å². The van der Waals surface area contributed by atoms with Gasteiger partial charge in [0, 0.05) is 19.7 Å². The van der Waals surface area contributed by atoms with E-state index in [1.54, 1.807) is 6.92 Å². The van der Waals surface area contributed by atoms with Crippen LogP contribution in [0.3, 0.4) is 0 Å². The average Bonchev–Trinajstić information content (AvgIpc) is 2.22. The molecule has 0 saturated heterocycles. The topological polar surface area (TPSA) is 70.3 Å². The molecule has 0 spiro atoms. The van der Waals surface area contributed by atoms with Crippen LogP contribution in [0, 0.1) is 0 Å². The fourth-order valence-electron chi connectivity index (χ4n) is 1.15. The highest BCUT2D eigenvalue weighted by atomic mass is 79.9. The van der Waals surface area contributed by atoms with Crippen molar-refractivity contribution < 1.29 is 9.53 Å². The molecule has 0 aliphatic heterocycles. The van der Waals surface area contributed by atoms with Gasteiger partial charge in [0.25, 0.3) is 5.56 Å². The van der Waals surface area contributed by atoms with E-state index in [2.05, 4.69) is 15.9 Å². The summed E-state index contributed by atoms with van der Waals surface area (Å²) in [6, 6.07) is 0. The summed E-state index contributed by atoms with van der Waals surface area (Å²) < 4.78 is 7.14. The Labute approximate surface area is 99.6 Å². The molecule has 0 aliphatic carbocycles. The number of esters is 1. The van der Waals surface area contributed by atoms with Gasteiger partial charge in [-0.25, -0.2) is 4.79 Å². The number of hydrogen-bond donors (Lipinski definition) is 0. The van der Waals surface area contributed by atoms with Crippen molar-refractivity contribution in [2.24, 2.45) is 0 Å². The molecule has 88 valence electrons. The van der Waals surface area contributed by atoms with Gasteiger partial charge in [0.05, 0.1) is 4.47 Å².